The van der Waals surface area contributed by atoms with Crippen LogP contribution in [-0.2, 0) is 49.6 Å². The van der Waals surface area contributed by atoms with Gasteiger partial charge in [-0.3, -0.25) is 18.9 Å². The van der Waals surface area contributed by atoms with Crippen LogP contribution in [-0.4, -0.2) is 109 Å². The fourth-order valence-corrected chi connectivity index (χ4v) is 8.79. The van der Waals surface area contributed by atoms with E-state index in [9.17, 15) is 23.2 Å². The molecular weight excluding hydrogens is 689 g/mol. The second-order valence-corrected chi connectivity index (χ2v) is 15.3. The number of aromatic amines is 1. The molecule has 25 heteroatoms. The molecule has 22 nitrogen and oxygen atoms in total. The molecule has 0 spiro atoms. The van der Waals surface area contributed by atoms with Gasteiger partial charge in [0.1, 0.15) is 42.5 Å². The molecule has 0 aromatic carbocycles. The van der Waals surface area contributed by atoms with E-state index >= 15 is 0 Å². The number of nitrogens with one attached hydrogen (secondary N) is 2. The predicted molar refractivity (Wildman–Crippen MR) is 156 cm³/mol. The summed E-state index contributed by atoms with van der Waals surface area (Å²) in [6, 6.07) is 0. The van der Waals surface area contributed by atoms with Gasteiger partial charge in [-0.2, -0.15) is 18.1 Å². The first-order valence-corrected chi connectivity index (χ1v) is 17.9. The van der Waals surface area contributed by atoms with Crippen LogP contribution in [0.3, 0.4) is 0 Å². The van der Waals surface area contributed by atoms with E-state index in [2.05, 4.69) is 34.6 Å². The van der Waals surface area contributed by atoms with Crippen molar-refractivity contribution in [2.24, 2.45) is 5.92 Å². The number of fused-ring (bicyclic) bond motifs is 4. The van der Waals surface area contributed by atoms with Gasteiger partial charge >= 0.3 is 10.3 Å². The van der Waals surface area contributed by atoms with Crippen molar-refractivity contribution < 1.29 is 45.9 Å². The maximum atomic E-state index is 13.7. The van der Waals surface area contributed by atoms with Crippen LogP contribution in [0.2, 0.25) is 0 Å². The summed E-state index contributed by atoms with van der Waals surface area (Å²) in [5.41, 5.74) is 9.85. The Morgan fingerprint density at radius 1 is 1.13 bits per heavy atom. The van der Waals surface area contributed by atoms with E-state index < -0.39 is 90.7 Å². The smallest absolute Gasteiger partial charge is 0.336 e. The van der Waals surface area contributed by atoms with Crippen molar-refractivity contribution in [3.05, 3.63) is 29.3 Å². The monoisotopic (exact) mass is 714 g/mol. The molecule has 7 N–H and O–H groups in total. The summed E-state index contributed by atoms with van der Waals surface area (Å²) in [6.45, 7) is -6.24. The number of H-pyrrole nitrogens is 1. The molecule has 9 atom stereocenters. The van der Waals surface area contributed by atoms with Gasteiger partial charge in [0, 0.05) is 12.5 Å². The highest BCUT2D eigenvalue weighted by molar-refractivity contribution is 8.06. The number of aromatic nitrogens is 8. The van der Waals surface area contributed by atoms with Crippen LogP contribution in [0, 0.1) is 5.92 Å². The number of aliphatic hydroxyl groups excluding tert-OH is 1. The Labute approximate surface area is 267 Å². The predicted octanol–water partition coefficient (Wildman–Crippen LogP) is -3.48. The van der Waals surface area contributed by atoms with E-state index in [0.717, 1.165) is 0 Å². The molecule has 4 fully saturated rings. The quantitative estimate of drug-likeness (QED) is 0.129. The highest BCUT2D eigenvalue weighted by Crippen LogP contribution is 2.54. The van der Waals surface area contributed by atoms with E-state index in [-0.39, 0.29) is 35.1 Å². The second kappa shape index (κ2) is 10.9. The molecule has 4 aromatic rings. The number of anilines is 2. The average molecular weight is 715 g/mol. The normalized spacial score (nSPS) is 37.0. The highest BCUT2D eigenvalue weighted by atomic mass is 32.5. The first kappa shape index (κ1) is 31.0. The van der Waals surface area contributed by atoms with Crippen LogP contribution in [0.25, 0.3) is 22.3 Å². The van der Waals surface area contributed by atoms with Crippen molar-refractivity contribution in [3.8, 4) is 0 Å². The van der Waals surface area contributed by atoms with Crippen molar-refractivity contribution in [1.29, 1.82) is 0 Å². The minimum absolute atomic E-state index is 0.0489. The van der Waals surface area contributed by atoms with Gasteiger partial charge < -0.3 is 44.7 Å². The first-order chi connectivity index (χ1) is 22.4. The Balaban J connectivity index is 1.16. The van der Waals surface area contributed by atoms with Gasteiger partial charge in [-0.15, -0.1) is 0 Å². The SMILES string of the molecule is Nc1nc2c(ncn2[C@@H]2O[C@@H]3COP([O-])(=S)O[C@H]4[C@H]5OC[C@]4(CNS(=O)(=O)O[C@@H]2[C@@H]3CO)O[C@H]5n2cnc3c(N)ncnc32)c(=O)[nH]1. The zero-order valence-electron chi connectivity index (χ0n) is 23.7. The number of nitrogen functional groups attached to an aromatic ring is 2. The summed E-state index contributed by atoms with van der Waals surface area (Å²) in [5.74, 6) is -1.19. The first-order valence-electron chi connectivity index (χ1n) is 13.9. The summed E-state index contributed by atoms with van der Waals surface area (Å²) in [6.07, 6.45) is -3.29. The van der Waals surface area contributed by atoms with Crippen LogP contribution in [0.1, 0.15) is 12.5 Å². The number of hydrogen-bond donors (Lipinski definition) is 5. The Kier molecular flexibility index (Phi) is 7.18. The number of ether oxygens (including phenoxy) is 3. The number of nitrogens with zero attached hydrogens (tertiary/aromatic N) is 7. The van der Waals surface area contributed by atoms with Crippen molar-refractivity contribution in [2.45, 2.75) is 42.5 Å². The zero-order valence-corrected chi connectivity index (χ0v) is 26.2. The second-order valence-electron chi connectivity index (χ2n) is 11.2. The van der Waals surface area contributed by atoms with Gasteiger partial charge in [0.2, 0.25) is 5.95 Å². The van der Waals surface area contributed by atoms with Crippen LogP contribution in [0.4, 0.5) is 11.8 Å². The van der Waals surface area contributed by atoms with Crippen molar-refractivity contribution >= 4 is 62.9 Å². The van der Waals surface area contributed by atoms with E-state index in [1.54, 1.807) is 0 Å². The van der Waals surface area contributed by atoms with E-state index in [0.29, 0.717) is 5.65 Å². The fraction of sp³-hybridized carbons (Fsp3) is 0.545. The molecular formula is C22H25N11O11PS2-. The third kappa shape index (κ3) is 5.03. The summed E-state index contributed by atoms with van der Waals surface area (Å²) >= 11 is 5.26. The molecule has 252 valence electrons. The number of aliphatic hydroxyl groups is 1. The van der Waals surface area contributed by atoms with Crippen LogP contribution in [0.15, 0.2) is 23.8 Å². The third-order valence-electron chi connectivity index (χ3n) is 8.49. The minimum Gasteiger partial charge on any atom is -0.780 e. The number of imidazole rings is 2. The number of nitrogens with two attached hydrogens (primary N) is 2. The lowest BCUT2D eigenvalue weighted by Crippen LogP contribution is -2.52. The molecule has 0 radical (unpaired) electrons. The molecule has 4 bridgehead atoms. The molecule has 4 aromatic heterocycles. The Bertz CT molecular complexity index is 2110. The molecule has 0 amide bonds. The fourth-order valence-electron chi connectivity index (χ4n) is 6.33. The van der Waals surface area contributed by atoms with Gasteiger partial charge in [-0.1, -0.05) is 11.8 Å². The zero-order chi connectivity index (χ0) is 32.9. The summed E-state index contributed by atoms with van der Waals surface area (Å²) < 4.78 is 67.7. The van der Waals surface area contributed by atoms with Crippen molar-refractivity contribution in [2.75, 3.05) is 37.8 Å². The molecule has 8 rings (SSSR count). The van der Waals surface area contributed by atoms with Crippen LogP contribution in [0.5, 0.6) is 0 Å². The van der Waals surface area contributed by atoms with Gasteiger partial charge in [-0.05, 0) is 0 Å². The van der Waals surface area contributed by atoms with E-state index in [1.807, 2.05) is 0 Å². The molecule has 4 saturated heterocycles. The lowest BCUT2D eigenvalue weighted by Gasteiger charge is -2.36. The van der Waals surface area contributed by atoms with Crippen LogP contribution >= 0.6 is 6.72 Å². The Morgan fingerprint density at radius 2 is 1.89 bits per heavy atom. The maximum Gasteiger partial charge on any atom is 0.336 e. The summed E-state index contributed by atoms with van der Waals surface area (Å²) in [5, 5.41) is 10.3. The Hall–Kier alpha value is -3.26. The summed E-state index contributed by atoms with van der Waals surface area (Å²) in [4.78, 5) is 48.9. The van der Waals surface area contributed by atoms with Crippen molar-refractivity contribution in [1.82, 2.24) is 43.8 Å². The Morgan fingerprint density at radius 3 is 2.68 bits per heavy atom. The lowest BCUT2D eigenvalue weighted by atomic mass is 9.99. The molecule has 1 unspecified atom stereocenters. The van der Waals surface area contributed by atoms with Gasteiger partial charge in [-0.25, -0.2) is 24.1 Å². The molecule has 4 aliphatic rings. The third-order valence-corrected chi connectivity index (χ3v) is 11.0. The van der Waals surface area contributed by atoms with Gasteiger partial charge in [0.05, 0.1) is 38.6 Å². The molecule has 0 aliphatic carbocycles. The standard InChI is InChI=1S/C22H26N11O11PS2/c23-15-10-16(26-5-25-15)32(6-27-10)20-13-14-22(42-20,4-39-13)3-29-47(37,38)44-12-8(1-34)9(2-40-45(36,46)43-14)41-19(12)33-7-28-11-17(33)30-21(24)31-18(11)35/h5-9,12-14,19-20,29,34H,1-4H2,(H,36,46)(H2,23,25,26)(H3,24,30,31,35)/p-1/t8-,9-,12-,13-,14+,19-,20-,22+,45?/m1/s1. The molecule has 47 heavy (non-hydrogen) atoms. The van der Waals surface area contributed by atoms with Gasteiger partial charge in [0.15, 0.2) is 35.1 Å². The molecule has 8 heterocycles. The largest absolute Gasteiger partial charge is 0.780 e. The maximum absolute atomic E-state index is 13.7. The van der Waals surface area contributed by atoms with Gasteiger partial charge in [0.25, 0.3) is 5.56 Å². The number of rotatable bonds is 3. The van der Waals surface area contributed by atoms with Crippen LogP contribution < -0.4 is 26.6 Å². The van der Waals surface area contributed by atoms with E-state index in [4.69, 9.17) is 50.7 Å². The lowest BCUT2D eigenvalue weighted by molar-refractivity contribution is -0.217. The van der Waals surface area contributed by atoms with E-state index in [1.165, 1.54) is 28.1 Å². The molecule has 0 saturated carbocycles. The minimum atomic E-state index is -4.67. The summed E-state index contributed by atoms with van der Waals surface area (Å²) in [7, 11) is -4.67. The molecule has 4 aliphatic heterocycles. The highest BCUT2D eigenvalue weighted by Gasteiger charge is 2.64. The topological polar surface area (TPSA) is 304 Å². The average Bonchev–Trinajstić information content (AvgIpc) is 3.82. The van der Waals surface area contributed by atoms with Crippen molar-refractivity contribution in [3.63, 3.8) is 0 Å². The number of hydrogen-bond acceptors (Lipinski definition) is 19.